The van der Waals surface area contributed by atoms with Crippen molar-refractivity contribution in [1.82, 2.24) is 5.43 Å². The van der Waals surface area contributed by atoms with Gasteiger partial charge in [-0.05, 0) is 28.1 Å². The number of para-hydroxylation sites is 1. The number of benzene rings is 1. The molecule has 1 atom stereocenters. The Morgan fingerprint density at radius 2 is 2.38 bits per heavy atom. The highest BCUT2D eigenvalue weighted by molar-refractivity contribution is 9.10. The van der Waals surface area contributed by atoms with Crippen LogP contribution in [-0.4, -0.2) is 13.7 Å². The first-order chi connectivity index (χ1) is 7.76. The van der Waals surface area contributed by atoms with E-state index in [0.717, 1.165) is 21.2 Å². The van der Waals surface area contributed by atoms with E-state index in [-0.39, 0.29) is 6.04 Å². The van der Waals surface area contributed by atoms with E-state index in [1.807, 2.05) is 24.3 Å². The van der Waals surface area contributed by atoms with E-state index in [2.05, 4.69) is 21.4 Å². The highest BCUT2D eigenvalue weighted by Crippen LogP contribution is 2.29. The monoisotopic (exact) mass is 284 g/mol. The largest absolute Gasteiger partial charge is 0.458 e. The molecule has 3 N–H and O–H groups in total. The third kappa shape index (κ3) is 2.12. The number of fused-ring (bicyclic) bond motifs is 1. The van der Waals surface area contributed by atoms with Crippen molar-refractivity contribution < 1.29 is 9.15 Å². The summed E-state index contributed by atoms with van der Waals surface area (Å²) in [5.41, 5.74) is 3.49. The summed E-state index contributed by atoms with van der Waals surface area (Å²) in [6.45, 7) is 0.466. The van der Waals surface area contributed by atoms with Gasteiger partial charge in [0.05, 0.1) is 11.1 Å². The third-order valence-electron chi connectivity index (χ3n) is 2.39. The molecule has 0 saturated carbocycles. The van der Waals surface area contributed by atoms with E-state index in [1.54, 1.807) is 7.11 Å². The number of nitrogens with one attached hydrogen (secondary N) is 1. The molecule has 0 aliphatic carbocycles. The van der Waals surface area contributed by atoms with Crippen molar-refractivity contribution in [2.24, 2.45) is 5.84 Å². The van der Waals surface area contributed by atoms with Crippen molar-refractivity contribution >= 4 is 26.9 Å². The van der Waals surface area contributed by atoms with Gasteiger partial charge in [-0.2, -0.15) is 0 Å². The summed E-state index contributed by atoms with van der Waals surface area (Å²) in [5, 5.41) is 1.04. The van der Waals surface area contributed by atoms with Crippen molar-refractivity contribution in [2.45, 2.75) is 6.04 Å². The van der Waals surface area contributed by atoms with E-state index in [0.29, 0.717) is 6.61 Å². The fraction of sp³-hybridized carbons (Fsp3) is 0.273. The molecule has 4 nitrogen and oxygen atoms in total. The van der Waals surface area contributed by atoms with E-state index in [9.17, 15) is 0 Å². The van der Waals surface area contributed by atoms with Crippen LogP contribution in [0.1, 0.15) is 11.8 Å². The third-order valence-corrected chi connectivity index (χ3v) is 3.02. The first kappa shape index (κ1) is 11.6. The van der Waals surface area contributed by atoms with Crippen LogP contribution in [0.4, 0.5) is 0 Å². The average molecular weight is 285 g/mol. The molecular formula is C11H13BrN2O2. The van der Waals surface area contributed by atoms with Crippen LogP contribution in [0.15, 0.2) is 33.2 Å². The van der Waals surface area contributed by atoms with E-state index in [1.165, 1.54) is 0 Å². The zero-order valence-corrected chi connectivity index (χ0v) is 10.5. The molecule has 2 aromatic rings. The molecule has 0 bridgehead atoms. The maximum absolute atomic E-state index is 5.74. The maximum Gasteiger partial charge on any atom is 0.148 e. The zero-order valence-electron chi connectivity index (χ0n) is 8.87. The lowest BCUT2D eigenvalue weighted by molar-refractivity contribution is 0.158. The maximum atomic E-state index is 5.74. The van der Waals surface area contributed by atoms with Gasteiger partial charge in [-0.3, -0.25) is 5.84 Å². The van der Waals surface area contributed by atoms with Gasteiger partial charge < -0.3 is 9.15 Å². The Labute approximate surface area is 102 Å². The van der Waals surface area contributed by atoms with Gasteiger partial charge in [0.1, 0.15) is 17.4 Å². The fourth-order valence-corrected chi connectivity index (χ4v) is 2.06. The summed E-state index contributed by atoms with van der Waals surface area (Å²) in [4.78, 5) is 0. The lowest BCUT2D eigenvalue weighted by Gasteiger charge is -2.11. The van der Waals surface area contributed by atoms with Gasteiger partial charge in [0, 0.05) is 12.5 Å². The second-order valence-electron chi connectivity index (χ2n) is 3.48. The minimum absolute atomic E-state index is 0.135. The van der Waals surface area contributed by atoms with Gasteiger partial charge in [0.25, 0.3) is 0 Å². The van der Waals surface area contributed by atoms with Crippen LogP contribution in [0.5, 0.6) is 0 Å². The molecule has 0 saturated heterocycles. The Morgan fingerprint density at radius 3 is 3.00 bits per heavy atom. The van der Waals surface area contributed by atoms with Crippen molar-refractivity contribution in [3.8, 4) is 0 Å². The summed E-state index contributed by atoms with van der Waals surface area (Å²) >= 11 is 3.44. The van der Waals surface area contributed by atoms with Crippen molar-refractivity contribution in [3.63, 3.8) is 0 Å². The molecule has 1 aromatic heterocycles. The number of rotatable bonds is 4. The predicted octanol–water partition coefficient (Wildman–Crippen LogP) is 2.35. The Bertz CT molecular complexity index is 484. The zero-order chi connectivity index (χ0) is 11.5. The quantitative estimate of drug-likeness (QED) is 0.668. The van der Waals surface area contributed by atoms with Crippen molar-refractivity contribution in [1.29, 1.82) is 0 Å². The first-order valence-electron chi connectivity index (χ1n) is 4.89. The minimum Gasteiger partial charge on any atom is -0.458 e. The van der Waals surface area contributed by atoms with Crippen LogP contribution in [0.2, 0.25) is 0 Å². The Kier molecular flexibility index (Phi) is 3.60. The van der Waals surface area contributed by atoms with Crippen LogP contribution in [0.25, 0.3) is 11.0 Å². The van der Waals surface area contributed by atoms with Gasteiger partial charge in [-0.15, -0.1) is 0 Å². The average Bonchev–Trinajstić information content (AvgIpc) is 2.71. The number of halogens is 1. The predicted molar refractivity (Wildman–Crippen MR) is 65.9 cm³/mol. The summed E-state index contributed by atoms with van der Waals surface area (Å²) < 4.78 is 11.7. The molecule has 0 amide bonds. The smallest absolute Gasteiger partial charge is 0.148 e. The topological polar surface area (TPSA) is 60.4 Å². The minimum atomic E-state index is -0.135. The lowest BCUT2D eigenvalue weighted by atomic mass is 10.2. The summed E-state index contributed by atoms with van der Waals surface area (Å²) in [6, 6.07) is 7.73. The molecule has 0 radical (unpaired) electrons. The number of hydrogen-bond acceptors (Lipinski definition) is 4. The fourth-order valence-electron chi connectivity index (χ4n) is 1.60. The van der Waals surface area contributed by atoms with Gasteiger partial charge in [-0.1, -0.05) is 12.1 Å². The van der Waals surface area contributed by atoms with Crippen molar-refractivity contribution in [2.75, 3.05) is 13.7 Å². The normalized spacial score (nSPS) is 13.2. The summed E-state index contributed by atoms with van der Waals surface area (Å²) in [5.74, 6) is 6.22. The van der Waals surface area contributed by atoms with E-state index < -0.39 is 0 Å². The van der Waals surface area contributed by atoms with Crippen LogP contribution >= 0.6 is 15.9 Å². The molecule has 0 aliphatic heterocycles. The molecule has 5 heteroatoms. The van der Waals surface area contributed by atoms with Crippen LogP contribution < -0.4 is 11.3 Å². The van der Waals surface area contributed by atoms with Gasteiger partial charge >= 0.3 is 0 Å². The Balaban J connectivity index is 2.42. The Hall–Kier alpha value is -0.880. The van der Waals surface area contributed by atoms with Crippen LogP contribution in [0.3, 0.4) is 0 Å². The second kappa shape index (κ2) is 4.97. The molecule has 1 unspecified atom stereocenters. The lowest BCUT2D eigenvalue weighted by Crippen LogP contribution is -2.30. The first-order valence-corrected chi connectivity index (χ1v) is 5.68. The molecule has 16 heavy (non-hydrogen) atoms. The van der Waals surface area contributed by atoms with Crippen LogP contribution in [-0.2, 0) is 4.74 Å². The number of nitrogens with two attached hydrogens (primary N) is 1. The van der Waals surface area contributed by atoms with Crippen LogP contribution in [0, 0.1) is 0 Å². The van der Waals surface area contributed by atoms with Gasteiger partial charge in [0.2, 0.25) is 0 Å². The highest BCUT2D eigenvalue weighted by Gasteiger charge is 2.15. The number of hydrazine groups is 1. The number of hydrogen-bond donors (Lipinski definition) is 2. The van der Waals surface area contributed by atoms with Gasteiger partial charge in [0.15, 0.2) is 0 Å². The summed E-state index contributed by atoms with van der Waals surface area (Å²) in [7, 11) is 1.63. The second-order valence-corrected chi connectivity index (χ2v) is 4.34. The van der Waals surface area contributed by atoms with E-state index in [4.69, 9.17) is 15.0 Å². The highest BCUT2D eigenvalue weighted by atomic mass is 79.9. The summed E-state index contributed by atoms with van der Waals surface area (Å²) in [6.07, 6.45) is 0. The molecule has 86 valence electrons. The molecule has 2 rings (SSSR count). The standard InChI is InChI=1S/C11H13BrN2O2/c1-15-6-9(14-13)10-5-7-3-2-4-8(12)11(7)16-10/h2-5,9,14H,6,13H2,1H3. The van der Waals surface area contributed by atoms with Crippen molar-refractivity contribution in [3.05, 3.63) is 34.5 Å². The molecule has 0 spiro atoms. The molecular weight excluding hydrogens is 272 g/mol. The SMILES string of the molecule is COCC(NN)c1cc2cccc(Br)c2o1. The molecule has 0 fully saturated rings. The number of methoxy groups -OCH3 is 1. The molecule has 1 aromatic carbocycles. The number of ether oxygens (including phenoxy) is 1. The van der Waals surface area contributed by atoms with E-state index >= 15 is 0 Å². The Morgan fingerprint density at radius 1 is 1.56 bits per heavy atom. The number of furan rings is 1. The van der Waals surface area contributed by atoms with Gasteiger partial charge in [-0.25, -0.2) is 5.43 Å². The molecule has 1 heterocycles. The molecule has 0 aliphatic rings.